The highest BCUT2D eigenvalue weighted by molar-refractivity contribution is 5.88. The van der Waals surface area contributed by atoms with Gasteiger partial charge in [0.2, 0.25) is 5.91 Å². The predicted octanol–water partition coefficient (Wildman–Crippen LogP) is -0.452. The van der Waals surface area contributed by atoms with Crippen LogP contribution < -0.4 is 11.1 Å². The molecular weight excluding hydrogens is 240 g/mol. The second-order valence-corrected chi connectivity index (χ2v) is 4.55. The van der Waals surface area contributed by atoms with Crippen LogP contribution in [0.1, 0.15) is 32.1 Å². The van der Waals surface area contributed by atoms with Gasteiger partial charge in [-0.3, -0.25) is 9.59 Å². The molecule has 1 aliphatic rings. The highest BCUT2D eigenvalue weighted by Crippen LogP contribution is 2.23. The van der Waals surface area contributed by atoms with Crippen molar-refractivity contribution < 1.29 is 24.6 Å². The molecule has 0 aromatic heterocycles. The molecule has 102 valence electrons. The summed E-state index contributed by atoms with van der Waals surface area (Å²) in [7, 11) is 0. The Morgan fingerprint density at radius 3 is 2.33 bits per heavy atom. The van der Waals surface area contributed by atoms with E-state index in [9.17, 15) is 14.4 Å². The van der Waals surface area contributed by atoms with E-state index in [1.54, 1.807) is 0 Å². The van der Waals surface area contributed by atoms with Crippen LogP contribution in [0.25, 0.3) is 0 Å². The SMILES string of the molecule is NC1CCCCC1C(=O)NC(CC(=O)O)C(=O)O. The van der Waals surface area contributed by atoms with Crippen molar-refractivity contribution in [2.24, 2.45) is 11.7 Å². The molecule has 5 N–H and O–H groups in total. The van der Waals surface area contributed by atoms with Gasteiger partial charge in [0.1, 0.15) is 6.04 Å². The van der Waals surface area contributed by atoms with Crippen molar-refractivity contribution in [1.82, 2.24) is 5.32 Å². The van der Waals surface area contributed by atoms with Gasteiger partial charge in [-0.05, 0) is 12.8 Å². The molecule has 1 saturated carbocycles. The van der Waals surface area contributed by atoms with Crippen LogP contribution >= 0.6 is 0 Å². The molecular formula is C11H18N2O5. The maximum absolute atomic E-state index is 11.9. The molecule has 3 unspecified atom stereocenters. The largest absolute Gasteiger partial charge is 0.481 e. The van der Waals surface area contributed by atoms with Crippen molar-refractivity contribution in [3.05, 3.63) is 0 Å². The van der Waals surface area contributed by atoms with E-state index >= 15 is 0 Å². The second kappa shape index (κ2) is 6.34. The number of amides is 1. The zero-order valence-corrected chi connectivity index (χ0v) is 9.96. The van der Waals surface area contributed by atoms with E-state index in [1.165, 1.54) is 0 Å². The van der Waals surface area contributed by atoms with Crippen LogP contribution in [0.3, 0.4) is 0 Å². The number of hydrogen-bond donors (Lipinski definition) is 4. The third-order valence-corrected chi connectivity index (χ3v) is 3.15. The zero-order valence-electron chi connectivity index (χ0n) is 9.96. The molecule has 0 heterocycles. The number of hydrogen-bond acceptors (Lipinski definition) is 4. The number of carbonyl (C=O) groups excluding carboxylic acids is 1. The Labute approximate surface area is 104 Å². The molecule has 7 heteroatoms. The standard InChI is InChI=1S/C11H18N2O5/c12-7-4-2-1-3-6(7)10(16)13-8(11(17)18)5-9(14)15/h6-8H,1-5,12H2,(H,13,16)(H,14,15)(H,17,18). The highest BCUT2D eigenvalue weighted by atomic mass is 16.4. The maximum Gasteiger partial charge on any atom is 0.326 e. The van der Waals surface area contributed by atoms with Gasteiger partial charge in [-0.15, -0.1) is 0 Å². The topological polar surface area (TPSA) is 130 Å². The van der Waals surface area contributed by atoms with Gasteiger partial charge in [-0.2, -0.15) is 0 Å². The van der Waals surface area contributed by atoms with Gasteiger partial charge in [0.05, 0.1) is 12.3 Å². The molecule has 0 saturated heterocycles. The van der Waals surface area contributed by atoms with Gasteiger partial charge < -0.3 is 21.3 Å². The first kappa shape index (κ1) is 14.4. The van der Waals surface area contributed by atoms with Crippen LogP contribution in [0.4, 0.5) is 0 Å². The summed E-state index contributed by atoms with van der Waals surface area (Å²) in [5, 5.41) is 19.6. The number of aliphatic carboxylic acids is 2. The monoisotopic (exact) mass is 258 g/mol. The van der Waals surface area contributed by atoms with E-state index < -0.39 is 36.2 Å². The van der Waals surface area contributed by atoms with Crippen LogP contribution in [0, 0.1) is 5.92 Å². The van der Waals surface area contributed by atoms with Gasteiger partial charge in [-0.1, -0.05) is 12.8 Å². The molecule has 1 fully saturated rings. The number of rotatable bonds is 5. The van der Waals surface area contributed by atoms with E-state index in [0.717, 1.165) is 19.3 Å². The van der Waals surface area contributed by atoms with Gasteiger partial charge in [0, 0.05) is 6.04 Å². The van der Waals surface area contributed by atoms with Gasteiger partial charge in [0.15, 0.2) is 0 Å². The lowest BCUT2D eigenvalue weighted by Crippen LogP contribution is -2.49. The number of nitrogens with one attached hydrogen (secondary N) is 1. The molecule has 1 aliphatic carbocycles. The Balaban J connectivity index is 2.59. The summed E-state index contributed by atoms with van der Waals surface area (Å²) in [6, 6.07) is -1.68. The molecule has 0 bridgehead atoms. The fourth-order valence-electron chi connectivity index (χ4n) is 2.14. The first-order valence-electron chi connectivity index (χ1n) is 5.92. The Morgan fingerprint density at radius 2 is 1.83 bits per heavy atom. The minimum atomic E-state index is -1.40. The van der Waals surface area contributed by atoms with Crippen molar-refractivity contribution >= 4 is 17.8 Å². The van der Waals surface area contributed by atoms with E-state index in [4.69, 9.17) is 15.9 Å². The van der Waals surface area contributed by atoms with Crippen molar-refractivity contribution in [2.45, 2.75) is 44.2 Å². The van der Waals surface area contributed by atoms with Crippen LogP contribution in [-0.4, -0.2) is 40.1 Å². The molecule has 1 rings (SSSR count). The summed E-state index contributed by atoms with van der Waals surface area (Å²) >= 11 is 0. The normalized spacial score (nSPS) is 25.2. The molecule has 0 spiro atoms. The molecule has 0 aromatic rings. The van der Waals surface area contributed by atoms with Crippen molar-refractivity contribution in [3.63, 3.8) is 0 Å². The Hall–Kier alpha value is -1.63. The molecule has 0 aromatic carbocycles. The van der Waals surface area contributed by atoms with E-state index in [0.29, 0.717) is 6.42 Å². The maximum atomic E-state index is 11.9. The minimum absolute atomic E-state index is 0.280. The number of carboxylic acids is 2. The van der Waals surface area contributed by atoms with Gasteiger partial charge in [0.25, 0.3) is 0 Å². The third-order valence-electron chi connectivity index (χ3n) is 3.15. The molecule has 3 atom stereocenters. The molecule has 0 aliphatic heterocycles. The van der Waals surface area contributed by atoms with E-state index in [1.807, 2.05) is 0 Å². The van der Waals surface area contributed by atoms with Crippen LogP contribution in [0.15, 0.2) is 0 Å². The second-order valence-electron chi connectivity index (χ2n) is 4.55. The van der Waals surface area contributed by atoms with Gasteiger partial charge in [-0.25, -0.2) is 4.79 Å². The molecule has 0 radical (unpaired) electrons. The van der Waals surface area contributed by atoms with Crippen LogP contribution in [-0.2, 0) is 14.4 Å². The summed E-state index contributed by atoms with van der Waals surface area (Å²) in [5.74, 6) is -3.50. The van der Waals surface area contributed by atoms with Crippen molar-refractivity contribution in [1.29, 1.82) is 0 Å². The summed E-state index contributed by atoms with van der Waals surface area (Å²) in [4.78, 5) is 33.2. The summed E-state index contributed by atoms with van der Waals surface area (Å²) in [6.07, 6.45) is 2.55. The average molecular weight is 258 g/mol. The smallest absolute Gasteiger partial charge is 0.326 e. The Bertz CT molecular complexity index is 344. The molecule has 18 heavy (non-hydrogen) atoms. The van der Waals surface area contributed by atoms with Crippen LogP contribution in [0.5, 0.6) is 0 Å². The minimum Gasteiger partial charge on any atom is -0.481 e. The average Bonchev–Trinajstić information content (AvgIpc) is 2.27. The lowest BCUT2D eigenvalue weighted by Gasteiger charge is -2.28. The first-order valence-corrected chi connectivity index (χ1v) is 5.92. The first-order chi connectivity index (χ1) is 8.41. The predicted molar refractivity (Wildman–Crippen MR) is 61.8 cm³/mol. The number of nitrogens with two attached hydrogens (primary N) is 1. The third kappa shape index (κ3) is 3.99. The lowest BCUT2D eigenvalue weighted by molar-refractivity contribution is -0.147. The van der Waals surface area contributed by atoms with E-state index in [-0.39, 0.29) is 6.04 Å². The summed E-state index contributed by atoms with van der Waals surface area (Å²) in [5.41, 5.74) is 5.81. The number of carbonyl (C=O) groups is 3. The van der Waals surface area contributed by atoms with Crippen molar-refractivity contribution in [2.75, 3.05) is 0 Å². The summed E-state index contributed by atoms with van der Waals surface area (Å²) in [6.45, 7) is 0. The zero-order chi connectivity index (χ0) is 13.7. The highest BCUT2D eigenvalue weighted by Gasteiger charge is 2.31. The van der Waals surface area contributed by atoms with Gasteiger partial charge >= 0.3 is 11.9 Å². The number of carboxylic acid groups (broad SMARTS) is 2. The summed E-state index contributed by atoms with van der Waals surface area (Å²) < 4.78 is 0. The van der Waals surface area contributed by atoms with Crippen molar-refractivity contribution in [3.8, 4) is 0 Å². The Morgan fingerprint density at radius 1 is 1.22 bits per heavy atom. The van der Waals surface area contributed by atoms with Crippen LogP contribution in [0.2, 0.25) is 0 Å². The fraction of sp³-hybridized carbons (Fsp3) is 0.727. The quantitative estimate of drug-likeness (QED) is 0.528. The fourth-order valence-corrected chi connectivity index (χ4v) is 2.14. The van der Waals surface area contributed by atoms with E-state index in [2.05, 4.69) is 5.32 Å². The molecule has 7 nitrogen and oxygen atoms in total. The Kier molecular flexibility index (Phi) is 5.08. The lowest BCUT2D eigenvalue weighted by atomic mass is 9.84. The molecule has 1 amide bonds.